The Morgan fingerprint density at radius 3 is 2.44 bits per heavy atom. The fourth-order valence-electron chi connectivity index (χ4n) is 2.84. The van der Waals surface area contributed by atoms with E-state index in [1.165, 1.54) is 11.2 Å². The SMILES string of the molecule is COc1ccc2cc(CN(C)C(=O)CN(C)C(=O)c3ccco3)ccc2c1. The van der Waals surface area contributed by atoms with Gasteiger partial charge in [-0.15, -0.1) is 0 Å². The summed E-state index contributed by atoms with van der Waals surface area (Å²) in [6, 6.07) is 15.2. The molecule has 6 nitrogen and oxygen atoms in total. The molecule has 3 rings (SSSR count). The molecule has 2 aromatic carbocycles. The van der Waals surface area contributed by atoms with Crippen LogP contribution < -0.4 is 4.74 Å². The number of hydrogen-bond donors (Lipinski definition) is 0. The molecule has 27 heavy (non-hydrogen) atoms. The van der Waals surface area contributed by atoms with E-state index in [1.807, 2.05) is 30.3 Å². The van der Waals surface area contributed by atoms with E-state index < -0.39 is 0 Å². The summed E-state index contributed by atoms with van der Waals surface area (Å²) in [6.45, 7) is 0.449. The van der Waals surface area contributed by atoms with Gasteiger partial charge < -0.3 is 19.0 Å². The van der Waals surface area contributed by atoms with Gasteiger partial charge in [-0.1, -0.05) is 18.2 Å². The third-order valence-electron chi connectivity index (χ3n) is 4.41. The van der Waals surface area contributed by atoms with E-state index in [2.05, 4.69) is 6.07 Å². The van der Waals surface area contributed by atoms with E-state index in [1.54, 1.807) is 38.2 Å². The zero-order valence-electron chi connectivity index (χ0n) is 15.6. The Hall–Kier alpha value is -3.28. The van der Waals surface area contributed by atoms with Crippen LogP contribution in [-0.2, 0) is 11.3 Å². The van der Waals surface area contributed by atoms with E-state index in [0.717, 1.165) is 22.1 Å². The maximum absolute atomic E-state index is 12.5. The molecule has 0 aliphatic rings. The summed E-state index contributed by atoms with van der Waals surface area (Å²) in [5.41, 5.74) is 1.02. The number of furan rings is 1. The zero-order valence-corrected chi connectivity index (χ0v) is 15.6. The molecular weight excluding hydrogens is 344 g/mol. The summed E-state index contributed by atoms with van der Waals surface area (Å²) in [4.78, 5) is 27.6. The average molecular weight is 366 g/mol. The van der Waals surface area contributed by atoms with Crippen LogP contribution in [-0.4, -0.2) is 49.4 Å². The molecule has 2 amide bonds. The molecular formula is C21H22N2O4. The predicted molar refractivity (Wildman–Crippen MR) is 103 cm³/mol. The normalized spacial score (nSPS) is 10.6. The van der Waals surface area contributed by atoms with Gasteiger partial charge in [-0.25, -0.2) is 0 Å². The molecule has 0 fully saturated rings. The van der Waals surface area contributed by atoms with E-state index >= 15 is 0 Å². The minimum atomic E-state index is -0.318. The van der Waals surface area contributed by atoms with Crippen molar-refractivity contribution in [2.75, 3.05) is 27.7 Å². The molecule has 6 heteroatoms. The van der Waals surface area contributed by atoms with Crippen LogP contribution in [0.1, 0.15) is 16.1 Å². The van der Waals surface area contributed by atoms with Crippen LogP contribution in [0.4, 0.5) is 0 Å². The lowest BCUT2D eigenvalue weighted by molar-refractivity contribution is -0.130. The zero-order chi connectivity index (χ0) is 19.4. The minimum Gasteiger partial charge on any atom is -0.497 e. The first kappa shape index (κ1) is 18.5. The number of ether oxygens (including phenoxy) is 1. The Kier molecular flexibility index (Phi) is 5.45. The summed E-state index contributed by atoms with van der Waals surface area (Å²) < 4.78 is 10.3. The first-order chi connectivity index (χ1) is 13.0. The summed E-state index contributed by atoms with van der Waals surface area (Å²) in [5.74, 6) is 0.568. The third-order valence-corrected chi connectivity index (χ3v) is 4.41. The maximum Gasteiger partial charge on any atom is 0.289 e. The van der Waals surface area contributed by atoms with Crippen LogP contribution >= 0.6 is 0 Å². The number of nitrogens with zero attached hydrogens (tertiary/aromatic N) is 2. The van der Waals surface area contributed by atoms with Gasteiger partial charge in [-0.05, 0) is 46.7 Å². The average Bonchev–Trinajstić information content (AvgIpc) is 3.21. The molecule has 0 saturated carbocycles. The summed E-state index contributed by atoms with van der Waals surface area (Å²) in [5, 5.41) is 2.16. The van der Waals surface area contributed by atoms with Gasteiger partial charge >= 0.3 is 0 Å². The van der Waals surface area contributed by atoms with Crippen LogP contribution in [0.5, 0.6) is 5.75 Å². The van der Waals surface area contributed by atoms with Crippen molar-refractivity contribution >= 4 is 22.6 Å². The molecule has 0 aliphatic heterocycles. The molecule has 0 saturated heterocycles. The van der Waals surface area contributed by atoms with Gasteiger partial charge in [0.25, 0.3) is 5.91 Å². The second-order valence-electron chi connectivity index (χ2n) is 6.44. The smallest absolute Gasteiger partial charge is 0.289 e. The molecule has 0 atom stereocenters. The second kappa shape index (κ2) is 7.95. The van der Waals surface area contributed by atoms with Gasteiger partial charge in [-0.2, -0.15) is 0 Å². The lowest BCUT2D eigenvalue weighted by Crippen LogP contribution is -2.39. The molecule has 0 unspecified atom stereocenters. The molecule has 140 valence electrons. The van der Waals surface area contributed by atoms with Crippen molar-refractivity contribution in [2.24, 2.45) is 0 Å². The van der Waals surface area contributed by atoms with Gasteiger partial charge in [0.15, 0.2) is 5.76 Å². The lowest BCUT2D eigenvalue weighted by Gasteiger charge is -2.21. The molecule has 3 aromatic rings. The summed E-state index contributed by atoms with van der Waals surface area (Å²) in [6.07, 6.45) is 1.43. The van der Waals surface area contributed by atoms with Crippen molar-refractivity contribution in [3.05, 3.63) is 66.1 Å². The molecule has 0 N–H and O–H groups in total. The Bertz CT molecular complexity index is 950. The van der Waals surface area contributed by atoms with E-state index in [4.69, 9.17) is 9.15 Å². The number of carbonyl (C=O) groups is 2. The minimum absolute atomic E-state index is 0.0131. The Balaban J connectivity index is 1.63. The lowest BCUT2D eigenvalue weighted by atomic mass is 10.1. The second-order valence-corrected chi connectivity index (χ2v) is 6.44. The van der Waals surface area contributed by atoms with Crippen LogP contribution in [0.25, 0.3) is 10.8 Å². The molecule has 0 aliphatic carbocycles. The van der Waals surface area contributed by atoms with Crippen molar-refractivity contribution in [1.82, 2.24) is 9.80 Å². The molecule has 1 heterocycles. The Morgan fingerprint density at radius 2 is 1.74 bits per heavy atom. The topological polar surface area (TPSA) is 63.0 Å². The predicted octanol–water partition coefficient (Wildman–Crippen LogP) is 3.17. The highest BCUT2D eigenvalue weighted by atomic mass is 16.5. The monoisotopic (exact) mass is 366 g/mol. The number of benzene rings is 2. The van der Waals surface area contributed by atoms with Crippen LogP contribution in [0.2, 0.25) is 0 Å². The molecule has 0 radical (unpaired) electrons. The van der Waals surface area contributed by atoms with Crippen molar-refractivity contribution in [3.63, 3.8) is 0 Å². The first-order valence-corrected chi connectivity index (χ1v) is 8.57. The fourth-order valence-corrected chi connectivity index (χ4v) is 2.84. The van der Waals surface area contributed by atoms with Crippen molar-refractivity contribution < 1.29 is 18.7 Å². The largest absolute Gasteiger partial charge is 0.497 e. The van der Waals surface area contributed by atoms with Crippen LogP contribution in [0, 0.1) is 0 Å². The van der Waals surface area contributed by atoms with Crippen LogP contribution in [0.3, 0.4) is 0 Å². The highest BCUT2D eigenvalue weighted by molar-refractivity contribution is 5.94. The van der Waals surface area contributed by atoms with Gasteiger partial charge in [-0.3, -0.25) is 9.59 Å². The number of methoxy groups -OCH3 is 1. The first-order valence-electron chi connectivity index (χ1n) is 8.57. The molecule has 0 bridgehead atoms. The fraction of sp³-hybridized carbons (Fsp3) is 0.238. The van der Waals surface area contributed by atoms with E-state index in [9.17, 15) is 9.59 Å². The number of hydrogen-bond acceptors (Lipinski definition) is 4. The molecule has 1 aromatic heterocycles. The van der Waals surface area contributed by atoms with Crippen molar-refractivity contribution in [3.8, 4) is 5.75 Å². The third kappa shape index (κ3) is 4.28. The van der Waals surface area contributed by atoms with Crippen LogP contribution in [0.15, 0.2) is 59.2 Å². The Labute approximate surface area is 157 Å². The van der Waals surface area contributed by atoms with E-state index in [0.29, 0.717) is 6.54 Å². The number of likely N-dealkylation sites (N-methyl/N-ethyl adjacent to an activating group) is 2. The van der Waals surface area contributed by atoms with Gasteiger partial charge in [0, 0.05) is 20.6 Å². The van der Waals surface area contributed by atoms with Gasteiger partial charge in [0.05, 0.1) is 19.9 Å². The summed E-state index contributed by atoms with van der Waals surface area (Å²) in [7, 11) is 4.95. The standard InChI is InChI=1S/C21H22N2O4/c1-22(20(24)14-23(2)21(25)19-5-4-10-27-19)13-15-6-7-17-12-18(26-3)9-8-16(17)11-15/h4-12H,13-14H2,1-3H3. The Morgan fingerprint density at radius 1 is 1.00 bits per heavy atom. The van der Waals surface area contributed by atoms with E-state index in [-0.39, 0.29) is 24.1 Å². The molecule has 0 spiro atoms. The quantitative estimate of drug-likeness (QED) is 0.672. The highest BCUT2D eigenvalue weighted by Gasteiger charge is 2.19. The number of carbonyl (C=O) groups excluding carboxylic acids is 2. The van der Waals surface area contributed by atoms with Crippen molar-refractivity contribution in [2.45, 2.75) is 6.54 Å². The maximum atomic E-state index is 12.5. The number of rotatable bonds is 6. The number of fused-ring (bicyclic) bond motifs is 1. The van der Waals surface area contributed by atoms with Gasteiger partial charge in [0.2, 0.25) is 5.91 Å². The van der Waals surface area contributed by atoms with Crippen molar-refractivity contribution in [1.29, 1.82) is 0 Å². The van der Waals surface area contributed by atoms with Gasteiger partial charge in [0.1, 0.15) is 5.75 Å². The highest BCUT2D eigenvalue weighted by Crippen LogP contribution is 2.22. The summed E-state index contributed by atoms with van der Waals surface area (Å²) >= 11 is 0. The number of amides is 2.